The van der Waals surface area contributed by atoms with Crippen LogP contribution in [0.5, 0.6) is 0 Å². The van der Waals surface area contributed by atoms with Crippen LogP contribution in [-0.4, -0.2) is 25.7 Å². The lowest BCUT2D eigenvalue weighted by Crippen LogP contribution is -2.24. The zero-order valence-corrected chi connectivity index (χ0v) is 11.8. The highest BCUT2D eigenvalue weighted by molar-refractivity contribution is 5.36. The molecule has 0 aliphatic heterocycles. The van der Waals surface area contributed by atoms with Gasteiger partial charge in [-0.1, -0.05) is 26.0 Å². The molecule has 2 rings (SSSR count). The Morgan fingerprint density at radius 3 is 2.90 bits per heavy atom. The van der Waals surface area contributed by atoms with Crippen molar-refractivity contribution in [1.82, 2.24) is 20.1 Å². The number of nitrogens with one attached hydrogen (secondary N) is 1. The van der Waals surface area contributed by atoms with E-state index in [1.165, 1.54) is 23.1 Å². The van der Waals surface area contributed by atoms with Crippen LogP contribution in [0.1, 0.15) is 25.2 Å². The molecule has 2 aromatic rings. The smallest absolute Gasteiger partial charge is 0.305 e. The summed E-state index contributed by atoms with van der Waals surface area (Å²) in [5.41, 5.74) is -0.324. The molecule has 0 radical (unpaired) electrons. The molecule has 0 unspecified atom stereocenters. The molecule has 21 heavy (non-hydrogen) atoms. The Morgan fingerprint density at radius 2 is 2.24 bits per heavy atom. The monoisotopic (exact) mass is 293 g/mol. The third kappa shape index (κ3) is 3.60. The number of rotatable bonds is 6. The molecule has 1 N–H and O–H groups in total. The largest absolute Gasteiger partial charge is 0.308 e. The minimum absolute atomic E-state index is 0.0998. The van der Waals surface area contributed by atoms with Crippen molar-refractivity contribution in [3.63, 3.8) is 0 Å². The lowest BCUT2D eigenvalue weighted by atomic mass is 10.2. The number of hydrogen-bond donors (Lipinski definition) is 1. The second kappa shape index (κ2) is 6.40. The molecule has 7 nitrogen and oxygen atoms in total. The Bertz CT molecular complexity index is 641. The fourth-order valence-corrected chi connectivity index (χ4v) is 1.84. The third-order valence-electron chi connectivity index (χ3n) is 2.94. The van der Waals surface area contributed by atoms with E-state index < -0.39 is 16.4 Å². The van der Waals surface area contributed by atoms with Gasteiger partial charge in [0.2, 0.25) is 5.82 Å². The van der Waals surface area contributed by atoms with E-state index in [0.29, 0.717) is 12.4 Å². The van der Waals surface area contributed by atoms with Crippen LogP contribution in [0.3, 0.4) is 0 Å². The second-order valence-electron chi connectivity index (χ2n) is 4.88. The molecule has 112 valence electrons. The summed E-state index contributed by atoms with van der Waals surface area (Å²) in [6.45, 7) is 4.60. The first-order valence-corrected chi connectivity index (χ1v) is 6.51. The van der Waals surface area contributed by atoms with Gasteiger partial charge < -0.3 is 5.32 Å². The fourth-order valence-electron chi connectivity index (χ4n) is 1.84. The highest BCUT2D eigenvalue weighted by Gasteiger charge is 2.18. The highest BCUT2D eigenvalue weighted by Crippen LogP contribution is 2.20. The van der Waals surface area contributed by atoms with E-state index in [9.17, 15) is 14.5 Å². The van der Waals surface area contributed by atoms with Crippen LogP contribution in [0, 0.1) is 15.9 Å². The van der Waals surface area contributed by atoms with Gasteiger partial charge in [-0.15, -0.1) is 0 Å². The molecule has 0 amide bonds. The van der Waals surface area contributed by atoms with Gasteiger partial charge in [0.1, 0.15) is 12.2 Å². The lowest BCUT2D eigenvalue weighted by Gasteiger charge is -2.10. The van der Waals surface area contributed by atoms with Gasteiger partial charge in [-0.2, -0.15) is 9.49 Å². The molecule has 0 bridgehead atoms. The number of halogens is 1. The average molecular weight is 293 g/mol. The average Bonchev–Trinajstić information content (AvgIpc) is 2.85. The van der Waals surface area contributed by atoms with E-state index in [4.69, 9.17) is 0 Å². The van der Waals surface area contributed by atoms with Crippen LogP contribution in [0.2, 0.25) is 0 Å². The van der Waals surface area contributed by atoms with Crippen LogP contribution in [0.25, 0.3) is 0 Å². The van der Waals surface area contributed by atoms with E-state index in [2.05, 4.69) is 15.4 Å². The molecule has 0 fully saturated rings. The van der Waals surface area contributed by atoms with Gasteiger partial charge >= 0.3 is 5.69 Å². The van der Waals surface area contributed by atoms with Gasteiger partial charge in [0, 0.05) is 17.7 Å². The molecule has 1 aromatic heterocycles. The summed E-state index contributed by atoms with van der Waals surface area (Å²) in [4.78, 5) is 14.1. The zero-order chi connectivity index (χ0) is 15.4. The quantitative estimate of drug-likeness (QED) is 0.649. The molecule has 1 aromatic carbocycles. The van der Waals surface area contributed by atoms with Gasteiger partial charge in [0.05, 0.1) is 18.0 Å². The van der Waals surface area contributed by atoms with E-state index in [0.717, 1.165) is 6.07 Å². The number of nitrogens with zero attached hydrogens (tertiary/aromatic N) is 4. The van der Waals surface area contributed by atoms with Crippen molar-refractivity contribution in [2.45, 2.75) is 33.0 Å². The maximum Gasteiger partial charge on any atom is 0.305 e. The van der Waals surface area contributed by atoms with Crippen LogP contribution in [0.4, 0.5) is 10.1 Å². The molecular formula is C13H16FN5O2. The summed E-state index contributed by atoms with van der Waals surface area (Å²) in [6, 6.07) is 4.38. The summed E-state index contributed by atoms with van der Waals surface area (Å²) >= 11 is 0. The molecule has 0 spiro atoms. The minimum atomic E-state index is -0.833. The predicted molar refractivity (Wildman–Crippen MR) is 74.2 cm³/mol. The Balaban J connectivity index is 2.21. The van der Waals surface area contributed by atoms with Crippen LogP contribution < -0.4 is 5.32 Å². The normalized spacial score (nSPS) is 11.0. The summed E-state index contributed by atoms with van der Waals surface area (Å²) in [6.07, 6.45) is 1.38. The zero-order valence-electron chi connectivity index (χ0n) is 11.8. The first-order valence-electron chi connectivity index (χ1n) is 6.51. The molecule has 0 aliphatic carbocycles. The SMILES string of the molecule is CC(C)NCc1ncnn1Cc1cccc([N+](=O)[O-])c1F. The summed E-state index contributed by atoms with van der Waals surface area (Å²) in [7, 11) is 0. The van der Waals surface area contributed by atoms with Gasteiger partial charge in [0.25, 0.3) is 0 Å². The second-order valence-corrected chi connectivity index (χ2v) is 4.88. The molecule has 0 saturated carbocycles. The lowest BCUT2D eigenvalue weighted by molar-refractivity contribution is -0.387. The summed E-state index contributed by atoms with van der Waals surface area (Å²) in [5.74, 6) is -0.185. The van der Waals surface area contributed by atoms with Gasteiger partial charge in [-0.05, 0) is 0 Å². The van der Waals surface area contributed by atoms with Crippen molar-refractivity contribution in [1.29, 1.82) is 0 Å². The Labute approximate surface area is 121 Å². The number of aromatic nitrogens is 3. The number of benzene rings is 1. The minimum Gasteiger partial charge on any atom is -0.308 e. The molecule has 8 heteroatoms. The predicted octanol–water partition coefficient (Wildman–Crippen LogP) is 1.87. The van der Waals surface area contributed by atoms with E-state index in [-0.39, 0.29) is 18.2 Å². The number of nitro groups is 1. The standard InChI is InChI=1S/C13H16FN5O2/c1-9(2)15-6-12-16-8-17-18(12)7-10-4-3-5-11(13(10)14)19(20)21/h3-5,8-9,15H,6-7H2,1-2H3. The maximum absolute atomic E-state index is 14.0. The Morgan fingerprint density at radius 1 is 1.48 bits per heavy atom. The van der Waals surface area contributed by atoms with Crippen LogP contribution in [-0.2, 0) is 13.1 Å². The summed E-state index contributed by atoms with van der Waals surface area (Å²) in [5, 5.41) is 18.0. The van der Waals surface area contributed by atoms with Gasteiger partial charge in [0.15, 0.2) is 0 Å². The van der Waals surface area contributed by atoms with Crippen LogP contribution in [0.15, 0.2) is 24.5 Å². The van der Waals surface area contributed by atoms with E-state index in [1.807, 2.05) is 13.8 Å². The van der Waals surface area contributed by atoms with Crippen molar-refractivity contribution >= 4 is 5.69 Å². The molecule has 1 heterocycles. The van der Waals surface area contributed by atoms with Crippen molar-refractivity contribution in [3.05, 3.63) is 51.8 Å². The van der Waals surface area contributed by atoms with Crippen LogP contribution >= 0.6 is 0 Å². The first kappa shape index (κ1) is 15.0. The molecule has 0 atom stereocenters. The van der Waals surface area contributed by atoms with Crippen molar-refractivity contribution in [3.8, 4) is 0 Å². The molecule has 0 aliphatic rings. The number of nitro benzene ring substituents is 1. The maximum atomic E-state index is 14.0. The topological polar surface area (TPSA) is 85.9 Å². The Hall–Kier alpha value is -2.35. The van der Waals surface area contributed by atoms with E-state index in [1.54, 1.807) is 0 Å². The fraction of sp³-hybridized carbons (Fsp3) is 0.385. The van der Waals surface area contributed by atoms with Gasteiger partial charge in [-0.3, -0.25) is 10.1 Å². The third-order valence-corrected chi connectivity index (χ3v) is 2.94. The van der Waals surface area contributed by atoms with E-state index >= 15 is 0 Å². The van der Waals surface area contributed by atoms with Crippen molar-refractivity contribution < 1.29 is 9.31 Å². The summed E-state index contributed by atoms with van der Waals surface area (Å²) < 4.78 is 15.6. The molecule has 0 saturated heterocycles. The van der Waals surface area contributed by atoms with Crippen molar-refractivity contribution in [2.75, 3.05) is 0 Å². The van der Waals surface area contributed by atoms with Crippen molar-refractivity contribution in [2.24, 2.45) is 0 Å². The Kier molecular flexibility index (Phi) is 4.59. The number of hydrogen-bond acceptors (Lipinski definition) is 5. The molecular weight excluding hydrogens is 277 g/mol. The highest BCUT2D eigenvalue weighted by atomic mass is 19.1. The van der Waals surface area contributed by atoms with Gasteiger partial charge in [-0.25, -0.2) is 9.67 Å². The first-order chi connectivity index (χ1) is 9.99.